The Kier molecular flexibility index (Phi) is 6.30. The number of halogens is 3. The summed E-state index contributed by atoms with van der Waals surface area (Å²) in [6.07, 6.45) is -2.08. The van der Waals surface area contributed by atoms with Crippen molar-refractivity contribution in [2.45, 2.75) is 30.2 Å². The second-order valence-corrected chi connectivity index (χ2v) is 9.16. The Hall–Kier alpha value is -2.78. The quantitative estimate of drug-likeness (QED) is 0.313. The molecule has 4 rings (SSSR count). The zero-order valence-corrected chi connectivity index (χ0v) is 18.8. The minimum absolute atomic E-state index is 0.191. The molecule has 9 heteroatoms. The van der Waals surface area contributed by atoms with Crippen molar-refractivity contribution in [3.05, 3.63) is 76.0 Å². The van der Waals surface area contributed by atoms with E-state index < -0.39 is 17.7 Å². The Morgan fingerprint density at radius 1 is 1.22 bits per heavy atom. The Labute approximate surface area is 191 Å². The van der Waals surface area contributed by atoms with Crippen LogP contribution in [0.1, 0.15) is 21.7 Å². The van der Waals surface area contributed by atoms with Gasteiger partial charge in [-0.25, -0.2) is 9.78 Å². The lowest BCUT2D eigenvalue weighted by atomic mass is 10.1. The molecular formula is C23H18F3NO3S2. The number of esters is 1. The van der Waals surface area contributed by atoms with Gasteiger partial charge in [-0.3, -0.25) is 0 Å². The fourth-order valence-corrected chi connectivity index (χ4v) is 5.30. The number of hydrogen-bond acceptors (Lipinski definition) is 6. The summed E-state index contributed by atoms with van der Waals surface area (Å²) < 4.78 is 48.6. The van der Waals surface area contributed by atoms with Crippen molar-refractivity contribution in [1.29, 1.82) is 0 Å². The van der Waals surface area contributed by atoms with E-state index in [1.165, 1.54) is 30.6 Å². The summed E-state index contributed by atoms with van der Waals surface area (Å²) in [5.41, 5.74) is 1.84. The van der Waals surface area contributed by atoms with Crippen LogP contribution in [-0.2, 0) is 27.9 Å². The highest BCUT2D eigenvalue weighted by atomic mass is 32.2. The molecular weight excluding hydrogens is 459 g/mol. The van der Waals surface area contributed by atoms with Gasteiger partial charge in [-0.2, -0.15) is 13.2 Å². The molecule has 166 valence electrons. The lowest BCUT2D eigenvalue weighted by Crippen LogP contribution is -2.14. The number of carbonyl (C=O) groups is 1. The fraction of sp³-hybridized carbons (Fsp3) is 0.217. The number of thiazole rings is 1. The maximum Gasteiger partial charge on any atom is 0.416 e. The molecule has 0 bridgehead atoms. The normalized spacial score (nSPS) is 13.2. The van der Waals surface area contributed by atoms with Crippen LogP contribution >= 0.6 is 23.1 Å². The number of aromatic nitrogens is 1. The fourth-order valence-electron chi connectivity index (χ4n) is 3.13. The molecule has 4 nitrogen and oxygen atoms in total. The van der Waals surface area contributed by atoms with Crippen molar-refractivity contribution in [2.75, 3.05) is 7.11 Å². The molecule has 2 aromatic carbocycles. The van der Waals surface area contributed by atoms with Gasteiger partial charge >= 0.3 is 12.1 Å². The molecule has 1 aliphatic rings. The number of carbonyl (C=O) groups excluding carboxylic acids is 1. The third-order valence-electron chi connectivity index (χ3n) is 4.87. The molecule has 0 atom stereocenters. The molecule has 1 aromatic heterocycles. The number of methoxy groups -OCH3 is 1. The Morgan fingerprint density at radius 2 is 1.97 bits per heavy atom. The first-order chi connectivity index (χ1) is 15.2. The number of alkyl halides is 3. The highest BCUT2D eigenvalue weighted by Crippen LogP contribution is 2.36. The number of rotatable bonds is 5. The van der Waals surface area contributed by atoms with E-state index >= 15 is 0 Å². The molecule has 0 unspecified atom stereocenters. The highest BCUT2D eigenvalue weighted by molar-refractivity contribution is 7.98. The zero-order valence-electron chi connectivity index (χ0n) is 17.2. The SMILES string of the molecule is COC(=O)C1=CCc2cc(SCc3sc(-c4ccc(C(F)(F)F)cc4)nc3C)ccc2O1. The first-order valence-electron chi connectivity index (χ1n) is 9.60. The Balaban J connectivity index is 1.44. The molecule has 3 aromatic rings. The number of nitrogens with zero attached hydrogens (tertiary/aromatic N) is 1. The summed E-state index contributed by atoms with van der Waals surface area (Å²) in [6.45, 7) is 1.90. The second kappa shape index (κ2) is 8.99. The summed E-state index contributed by atoms with van der Waals surface area (Å²) in [6, 6.07) is 10.9. The largest absolute Gasteiger partial charge is 0.463 e. The first kappa shape index (κ1) is 22.4. The van der Waals surface area contributed by atoms with Gasteiger partial charge < -0.3 is 9.47 Å². The van der Waals surface area contributed by atoms with Crippen LogP contribution in [0.4, 0.5) is 13.2 Å². The van der Waals surface area contributed by atoms with Crippen LogP contribution in [0.5, 0.6) is 5.75 Å². The van der Waals surface area contributed by atoms with Gasteiger partial charge in [0.1, 0.15) is 10.8 Å². The van der Waals surface area contributed by atoms with Gasteiger partial charge in [0, 0.05) is 21.1 Å². The predicted molar refractivity (Wildman–Crippen MR) is 118 cm³/mol. The van der Waals surface area contributed by atoms with Crippen LogP contribution in [0.3, 0.4) is 0 Å². The molecule has 0 spiro atoms. The van der Waals surface area contributed by atoms with Crippen LogP contribution in [-0.4, -0.2) is 18.1 Å². The number of aryl methyl sites for hydroxylation is 1. The molecule has 2 heterocycles. The average molecular weight is 478 g/mol. The minimum atomic E-state index is -4.35. The standard InChI is InChI=1S/C23H18F3NO3S2/c1-13-20(32-21(27-13)14-3-6-16(7-4-14)23(24,25)26)12-31-17-8-10-18-15(11-17)5-9-19(30-18)22(28)29-2/h3-4,6-11H,5,12H2,1-2H3. The topological polar surface area (TPSA) is 48.4 Å². The minimum Gasteiger partial charge on any atom is -0.463 e. The van der Waals surface area contributed by atoms with E-state index in [9.17, 15) is 18.0 Å². The third-order valence-corrected chi connectivity index (χ3v) is 7.28. The first-order valence-corrected chi connectivity index (χ1v) is 11.4. The van der Waals surface area contributed by atoms with E-state index in [4.69, 9.17) is 9.47 Å². The van der Waals surface area contributed by atoms with Crippen molar-refractivity contribution in [3.63, 3.8) is 0 Å². The predicted octanol–water partition coefficient (Wildman–Crippen LogP) is 6.42. The maximum absolute atomic E-state index is 12.8. The van der Waals surface area contributed by atoms with Gasteiger partial charge in [0.25, 0.3) is 0 Å². The van der Waals surface area contributed by atoms with E-state index in [1.807, 2.05) is 25.1 Å². The molecule has 1 aliphatic heterocycles. The van der Waals surface area contributed by atoms with E-state index in [1.54, 1.807) is 17.8 Å². The molecule has 0 N–H and O–H groups in total. The molecule has 0 fully saturated rings. The number of fused-ring (bicyclic) bond motifs is 1. The summed E-state index contributed by atoms with van der Waals surface area (Å²) in [5.74, 6) is 1.01. The van der Waals surface area contributed by atoms with Gasteiger partial charge in [-0.15, -0.1) is 23.1 Å². The number of thioether (sulfide) groups is 1. The van der Waals surface area contributed by atoms with Crippen LogP contribution in [0, 0.1) is 6.92 Å². The third kappa shape index (κ3) is 4.83. The van der Waals surface area contributed by atoms with Crippen molar-refractivity contribution in [3.8, 4) is 16.3 Å². The molecule has 0 saturated heterocycles. The smallest absolute Gasteiger partial charge is 0.416 e. The van der Waals surface area contributed by atoms with Crippen LogP contribution < -0.4 is 4.74 Å². The summed E-state index contributed by atoms with van der Waals surface area (Å²) in [5, 5.41) is 0.700. The second-order valence-electron chi connectivity index (χ2n) is 7.03. The van der Waals surface area contributed by atoms with Crippen LogP contribution in [0.15, 0.2) is 59.2 Å². The van der Waals surface area contributed by atoms with E-state index in [-0.39, 0.29) is 5.76 Å². The summed E-state index contributed by atoms with van der Waals surface area (Å²) >= 11 is 3.12. The van der Waals surface area contributed by atoms with Crippen molar-refractivity contribution < 1.29 is 27.4 Å². The molecule has 0 amide bonds. The van der Waals surface area contributed by atoms with Gasteiger partial charge in [-0.05, 0) is 55.3 Å². The number of ether oxygens (including phenoxy) is 2. The van der Waals surface area contributed by atoms with Crippen molar-refractivity contribution >= 4 is 29.1 Å². The van der Waals surface area contributed by atoms with Crippen molar-refractivity contribution in [1.82, 2.24) is 4.98 Å². The number of benzene rings is 2. The zero-order chi connectivity index (χ0) is 22.9. The van der Waals surface area contributed by atoms with Gasteiger partial charge in [0.05, 0.1) is 18.4 Å². The lowest BCUT2D eigenvalue weighted by Gasteiger charge is -2.17. The van der Waals surface area contributed by atoms with E-state index in [0.29, 0.717) is 28.5 Å². The van der Waals surface area contributed by atoms with E-state index in [0.717, 1.165) is 33.2 Å². The van der Waals surface area contributed by atoms with Crippen LogP contribution in [0.25, 0.3) is 10.6 Å². The Bertz CT molecular complexity index is 1180. The highest BCUT2D eigenvalue weighted by Gasteiger charge is 2.30. The average Bonchev–Trinajstić information content (AvgIpc) is 3.16. The lowest BCUT2D eigenvalue weighted by molar-refractivity contribution is -0.139. The monoisotopic (exact) mass is 477 g/mol. The Morgan fingerprint density at radius 3 is 2.66 bits per heavy atom. The molecule has 0 aliphatic carbocycles. The van der Waals surface area contributed by atoms with Gasteiger partial charge in [0.15, 0.2) is 0 Å². The van der Waals surface area contributed by atoms with Gasteiger partial charge in [0.2, 0.25) is 5.76 Å². The van der Waals surface area contributed by atoms with Gasteiger partial charge in [-0.1, -0.05) is 12.1 Å². The van der Waals surface area contributed by atoms with Crippen molar-refractivity contribution in [2.24, 2.45) is 0 Å². The molecule has 32 heavy (non-hydrogen) atoms. The number of hydrogen-bond donors (Lipinski definition) is 0. The molecule has 0 saturated carbocycles. The van der Waals surface area contributed by atoms with Crippen LogP contribution in [0.2, 0.25) is 0 Å². The van der Waals surface area contributed by atoms with E-state index in [2.05, 4.69) is 4.98 Å². The maximum atomic E-state index is 12.8. The molecule has 0 radical (unpaired) electrons. The summed E-state index contributed by atoms with van der Waals surface area (Å²) in [7, 11) is 1.31. The number of allylic oxidation sites excluding steroid dienone is 1. The summed E-state index contributed by atoms with van der Waals surface area (Å²) in [4.78, 5) is 18.3.